The summed E-state index contributed by atoms with van der Waals surface area (Å²) in [5.74, 6) is 0.0467. The van der Waals surface area contributed by atoms with Gasteiger partial charge in [0, 0.05) is 31.7 Å². The summed E-state index contributed by atoms with van der Waals surface area (Å²) in [6, 6.07) is 2.08. The minimum atomic E-state index is -0.00741. The maximum Gasteiger partial charge on any atom is 0.272 e. The Bertz CT molecular complexity index is 522. The number of carbonyl (C=O) groups is 1. The first-order chi connectivity index (χ1) is 9.82. The van der Waals surface area contributed by atoms with E-state index in [1.807, 2.05) is 38.8 Å². The molecule has 0 saturated heterocycles. The number of nitrogens with zero attached hydrogens (tertiary/aromatic N) is 3. The second kappa shape index (κ2) is 5.79. The van der Waals surface area contributed by atoms with Crippen molar-refractivity contribution in [1.82, 2.24) is 14.7 Å². The van der Waals surface area contributed by atoms with Gasteiger partial charge in [-0.15, -0.1) is 0 Å². The Morgan fingerprint density at radius 1 is 1.52 bits per heavy atom. The molecule has 2 atom stereocenters. The quantitative estimate of drug-likeness (QED) is 0.838. The molecule has 0 radical (unpaired) electrons. The van der Waals surface area contributed by atoms with Gasteiger partial charge in [0.25, 0.3) is 5.91 Å². The van der Waals surface area contributed by atoms with Gasteiger partial charge < -0.3 is 9.64 Å². The van der Waals surface area contributed by atoms with Gasteiger partial charge >= 0.3 is 0 Å². The van der Waals surface area contributed by atoms with E-state index in [9.17, 15) is 4.79 Å². The summed E-state index contributed by atoms with van der Waals surface area (Å²) in [7, 11) is 1.89. The second-order valence-electron chi connectivity index (χ2n) is 6.42. The van der Waals surface area contributed by atoms with E-state index in [4.69, 9.17) is 4.74 Å². The van der Waals surface area contributed by atoms with Gasteiger partial charge in [-0.2, -0.15) is 5.10 Å². The summed E-state index contributed by atoms with van der Waals surface area (Å²) >= 11 is 0. The lowest BCUT2D eigenvalue weighted by molar-refractivity contribution is -0.136. The third-order valence-electron chi connectivity index (χ3n) is 4.70. The van der Waals surface area contributed by atoms with E-state index in [0.717, 1.165) is 18.7 Å². The van der Waals surface area contributed by atoms with E-state index in [-0.39, 0.29) is 23.5 Å². The Balaban J connectivity index is 2.14. The third-order valence-corrected chi connectivity index (χ3v) is 4.70. The topological polar surface area (TPSA) is 47.4 Å². The Hall–Kier alpha value is -1.36. The van der Waals surface area contributed by atoms with Crippen LogP contribution in [0.3, 0.4) is 0 Å². The van der Waals surface area contributed by atoms with Gasteiger partial charge in [0.2, 0.25) is 0 Å². The fourth-order valence-electron chi connectivity index (χ4n) is 3.29. The molecule has 1 amide bonds. The van der Waals surface area contributed by atoms with Gasteiger partial charge in [0.05, 0.1) is 11.8 Å². The van der Waals surface area contributed by atoms with Crippen molar-refractivity contribution in [2.75, 3.05) is 13.7 Å². The van der Waals surface area contributed by atoms with Crippen LogP contribution in [0.15, 0.2) is 6.07 Å². The van der Waals surface area contributed by atoms with Gasteiger partial charge in [0.1, 0.15) is 5.69 Å². The average molecular weight is 293 g/mol. The van der Waals surface area contributed by atoms with Crippen molar-refractivity contribution >= 4 is 5.91 Å². The molecular weight excluding hydrogens is 266 g/mol. The molecule has 0 N–H and O–H groups in total. The van der Waals surface area contributed by atoms with E-state index < -0.39 is 0 Å². The lowest BCUT2D eigenvalue weighted by Gasteiger charge is -2.54. The summed E-state index contributed by atoms with van der Waals surface area (Å²) in [5, 5.41) is 4.36. The third kappa shape index (κ3) is 2.71. The number of aromatic nitrogens is 2. The second-order valence-corrected chi connectivity index (χ2v) is 6.42. The van der Waals surface area contributed by atoms with Gasteiger partial charge in [-0.05, 0) is 33.3 Å². The predicted octanol–water partition coefficient (Wildman–Crippen LogP) is 2.49. The van der Waals surface area contributed by atoms with Crippen LogP contribution in [0.1, 0.15) is 50.3 Å². The molecule has 0 aliphatic heterocycles. The van der Waals surface area contributed by atoms with E-state index >= 15 is 0 Å². The number of amides is 1. The van der Waals surface area contributed by atoms with Crippen LogP contribution in [-0.4, -0.2) is 46.4 Å². The summed E-state index contributed by atoms with van der Waals surface area (Å²) in [4.78, 5) is 14.6. The predicted molar refractivity (Wildman–Crippen MR) is 82.3 cm³/mol. The highest BCUT2D eigenvalue weighted by Crippen LogP contribution is 2.45. The van der Waals surface area contributed by atoms with Crippen LogP contribution in [0.2, 0.25) is 0 Å². The first-order valence-corrected chi connectivity index (χ1v) is 7.76. The normalized spacial score (nSPS) is 23.7. The molecule has 5 heteroatoms. The van der Waals surface area contributed by atoms with Crippen molar-refractivity contribution in [3.8, 4) is 0 Å². The lowest BCUT2D eigenvalue weighted by Crippen LogP contribution is -2.62. The maximum atomic E-state index is 12.7. The molecule has 1 aliphatic rings. The molecule has 5 nitrogen and oxygen atoms in total. The minimum Gasteiger partial charge on any atom is -0.378 e. The monoisotopic (exact) mass is 293 g/mol. The molecule has 1 fully saturated rings. The number of hydrogen-bond acceptors (Lipinski definition) is 3. The van der Waals surface area contributed by atoms with Crippen molar-refractivity contribution in [1.29, 1.82) is 0 Å². The van der Waals surface area contributed by atoms with Gasteiger partial charge in [-0.1, -0.05) is 13.8 Å². The fraction of sp³-hybridized carbons (Fsp3) is 0.750. The zero-order valence-electron chi connectivity index (χ0n) is 14.0. The zero-order valence-corrected chi connectivity index (χ0v) is 14.0. The molecule has 1 aromatic heterocycles. The molecule has 2 rings (SSSR count). The van der Waals surface area contributed by atoms with Crippen LogP contribution in [0, 0.1) is 12.3 Å². The lowest BCUT2D eigenvalue weighted by atomic mass is 9.63. The summed E-state index contributed by atoms with van der Waals surface area (Å²) in [6.45, 7) is 11.7. The van der Waals surface area contributed by atoms with E-state index in [0.29, 0.717) is 12.2 Å². The molecule has 1 heterocycles. The summed E-state index contributed by atoms with van der Waals surface area (Å²) < 4.78 is 7.53. The largest absolute Gasteiger partial charge is 0.378 e. The number of rotatable bonds is 5. The van der Waals surface area contributed by atoms with Crippen LogP contribution < -0.4 is 0 Å². The number of ether oxygens (including phenoxy) is 1. The molecule has 1 saturated carbocycles. The van der Waals surface area contributed by atoms with Crippen LogP contribution in [0.5, 0.6) is 0 Å². The van der Waals surface area contributed by atoms with Gasteiger partial charge in [-0.25, -0.2) is 0 Å². The fourth-order valence-corrected chi connectivity index (χ4v) is 3.29. The molecule has 1 aliphatic carbocycles. The average Bonchev–Trinajstić information content (AvgIpc) is 2.82. The molecular formula is C16H27N3O2. The van der Waals surface area contributed by atoms with Crippen molar-refractivity contribution in [2.24, 2.45) is 5.41 Å². The first-order valence-electron chi connectivity index (χ1n) is 7.76. The van der Waals surface area contributed by atoms with Crippen LogP contribution in [-0.2, 0) is 11.3 Å². The Kier molecular flexibility index (Phi) is 4.42. The highest BCUT2D eigenvalue weighted by Gasteiger charge is 2.52. The van der Waals surface area contributed by atoms with E-state index in [1.165, 1.54) is 0 Å². The Morgan fingerprint density at radius 2 is 2.19 bits per heavy atom. The van der Waals surface area contributed by atoms with Crippen molar-refractivity contribution < 1.29 is 9.53 Å². The Morgan fingerprint density at radius 3 is 2.71 bits per heavy atom. The van der Waals surface area contributed by atoms with Gasteiger partial charge in [0.15, 0.2) is 0 Å². The van der Waals surface area contributed by atoms with Crippen LogP contribution >= 0.6 is 0 Å². The highest BCUT2D eigenvalue weighted by atomic mass is 16.5. The molecule has 0 unspecified atom stereocenters. The Labute approximate surface area is 127 Å². The van der Waals surface area contributed by atoms with Gasteiger partial charge in [-0.3, -0.25) is 9.48 Å². The summed E-state index contributed by atoms with van der Waals surface area (Å²) in [5.41, 5.74) is 1.55. The summed E-state index contributed by atoms with van der Waals surface area (Å²) in [6.07, 6.45) is 1.14. The highest BCUT2D eigenvalue weighted by molar-refractivity contribution is 5.93. The molecule has 1 aromatic rings. The standard InChI is InChI=1S/C16H27N3O2/c1-7-19-12(9-11(3)17-19)15(20)18(6)13-10-14(21-8-2)16(13,4)5/h9,13-14H,7-8,10H2,1-6H3/t13-,14-/m1/s1. The van der Waals surface area contributed by atoms with Crippen molar-refractivity contribution in [3.63, 3.8) is 0 Å². The molecule has 21 heavy (non-hydrogen) atoms. The zero-order chi connectivity index (χ0) is 15.8. The molecule has 118 valence electrons. The van der Waals surface area contributed by atoms with Crippen molar-refractivity contribution in [3.05, 3.63) is 17.5 Å². The maximum absolute atomic E-state index is 12.7. The van der Waals surface area contributed by atoms with E-state index in [2.05, 4.69) is 18.9 Å². The smallest absolute Gasteiger partial charge is 0.272 e. The SMILES string of the molecule is CCO[C@@H]1C[C@@H](N(C)C(=O)c2cc(C)nn2CC)C1(C)C. The van der Waals surface area contributed by atoms with Crippen LogP contribution in [0.25, 0.3) is 0 Å². The van der Waals surface area contributed by atoms with Crippen LogP contribution in [0.4, 0.5) is 0 Å². The molecule has 0 spiro atoms. The molecule has 0 aromatic carbocycles. The van der Waals surface area contributed by atoms with E-state index in [1.54, 1.807) is 4.68 Å². The van der Waals surface area contributed by atoms with Crippen molar-refractivity contribution in [2.45, 2.75) is 59.7 Å². The molecule has 0 bridgehead atoms. The number of aryl methyl sites for hydroxylation is 2. The first kappa shape index (κ1) is 16.0. The number of hydrogen-bond donors (Lipinski definition) is 0. The number of carbonyl (C=O) groups excluding carboxylic acids is 1. The minimum absolute atomic E-state index is 0.00741.